The van der Waals surface area contributed by atoms with Gasteiger partial charge in [-0.05, 0) is 36.4 Å². The highest BCUT2D eigenvalue weighted by molar-refractivity contribution is 7.71. The molecule has 0 aromatic heterocycles. The fourth-order valence-corrected chi connectivity index (χ4v) is 4.78. The molecule has 0 aliphatic heterocycles. The second kappa shape index (κ2) is 10.1. The molecular weight excluding hydrogens is 513 g/mol. The summed E-state index contributed by atoms with van der Waals surface area (Å²) in [7, 11) is -0.758. The molecule has 0 fully saturated rings. The van der Waals surface area contributed by atoms with Crippen LogP contribution < -0.4 is 14.8 Å². The molecule has 0 bridgehead atoms. The van der Waals surface area contributed by atoms with Gasteiger partial charge in [0.05, 0.1) is 30.7 Å². The predicted octanol–water partition coefficient (Wildman–Crippen LogP) is 6.27. The predicted molar refractivity (Wildman–Crippen MR) is 117 cm³/mol. The monoisotopic (exact) mass is 529 g/mol. The van der Waals surface area contributed by atoms with Gasteiger partial charge in [-0.3, -0.25) is 14.2 Å². The van der Waals surface area contributed by atoms with E-state index >= 15 is 0 Å². The van der Waals surface area contributed by atoms with Crippen LogP contribution in [0.3, 0.4) is 0 Å². The van der Waals surface area contributed by atoms with Crippen LogP contribution in [-0.4, -0.2) is 25.5 Å². The quantitative estimate of drug-likeness (QED) is 0.205. The summed E-state index contributed by atoms with van der Waals surface area (Å²) in [5.41, 5.74) is -7.40. The Balaban J connectivity index is 2.22. The van der Waals surface area contributed by atoms with Gasteiger partial charge in [0.25, 0.3) is 5.52 Å². The number of benzene rings is 3. The number of hydrogen-bond donors (Lipinski definition) is 0. The summed E-state index contributed by atoms with van der Waals surface area (Å²) in [4.78, 5) is 26.4. The molecule has 0 saturated carbocycles. The first-order chi connectivity index (χ1) is 16.8. The van der Waals surface area contributed by atoms with E-state index in [1.54, 1.807) is 0 Å². The molecule has 0 amide bonds. The largest absolute Gasteiger partial charge is 0.496 e. The Labute approximate surface area is 201 Å². The van der Waals surface area contributed by atoms with Gasteiger partial charge in [0, 0.05) is 11.1 Å². The zero-order chi connectivity index (χ0) is 26.8. The molecule has 12 heteroatoms. The summed E-state index contributed by atoms with van der Waals surface area (Å²) in [6, 6.07) is 9.77. The molecule has 36 heavy (non-hydrogen) atoms. The van der Waals surface area contributed by atoms with E-state index in [0.717, 1.165) is 18.2 Å². The number of hydrogen-bond acceptors (Lipinski definition) is 5. The SMILES string of the molecule is COc1cccc(OC)c1C(=O)[P](=O)c1ccccc1C(=O)c1c(C(F)(F)F)cccc1C(F)(F)F. The van der Waals surface area contributed by atoms with Crippen LogP contribution in [0.25, 0.3) is 0 Å². The Morgan fingerprint density at radius 2 is 1.17 bits per heavy atom. The van der Waals surface area contributed by atoms with Crippen molar-refractivity contribution in [3.05, 3.63) is 88.5 Å². The highest BCUT2D eigenvalue weighted by Crippen LogP contribution is 2.42. The standard InChI is InChI=1S/C24H16F6O5P/c1-34-16-10-6-11-17(35-2)20(16)22(32)36(33)18-12-4-3-7-13(18)21(31)19-14(23(25,26)27)8-5-9-15(19)24(28,29)30/h3-12H,1-2H3. The van der Waals surface area contributed by atoms with Gasteiger partial charge in [-0.2, -0.15) is 26.3 Å². The molecule has 3 aromatic rings. The van der Waals surface area contributed by atoms with Crippen LogP contribution in [-0.2, 0) is 16.9 Å². The zero-order valence-electron chi connectivity index (χ0n) is 18.5. The highest BCUT2D eigenvalue weighted by atomic mass is 31.1. The Morgan fingerprint density at radius 1 is 0.694 bits per heavy atom. The number of carbonyl (C=O) groups excluding carboxylic acids is 2. The molecule has 1 unspecified atom stereocenters. The van der Waals surface area contributed by atoms with Crippen molar-refractivity contribution in [3.63, 3.8) is 0 Å². The maximum Gasteiger partial charge on any atom is 0.417 e. The topological polar surface area (TPSA) is 69.7 Å². The summed E-state index contributed by atoms with van der Waals surface area (Å²) >= 11 is 0. The third-order valence-electron chi connectivity index (χ3n) is 5.10. The smallest absolute Gasteiger partial charge is 0.417 e. The second-order valence-electron chi connectivity index (χ2n) is 7.21. The Hall–Kier alpha value is -3.72. The molecule has 0 aliphatic carbocycles. The normalized spacial score (nSPS) is 12.2. The van der Waals surface area contributed by atoms with Gasteiger partial charge < -0.3 is 9.47 Å². The van der Waals surface area contributed by atoms with E-state index in [-0.39, 0.29) is 17.1 Å². The second-order valence-corrected chi connectivity index (χ2v) is 8.68. The molecule has 5 nitrogen and oxygen atoms in total. The lowest BCUT2D eigenvalue weighted by Gasteiger charge is -2.19. The van der Waals surface area contributed by atoms with Crippen molar-refractivity contribution < 1.29 is 50.0 Å². The number of ketones is 1. The van der Waals surface area contributed by atoms with Crippen molar-refractivity contribution in [3.8, 4) is 11.5 Å². The molecule has 3 aromatic carbocycles. The van der Waals surface area contributed by atoms with Crippen LogP contribution in [0, 0.1) is 0 Å². The van der Waals surface area contributed by atoms with Gasteiger partial charge in [0.15, 0.2) is 13.6 Å². The van der Waals surface area contributed by atoms with Crippen molar-refractivity contribution in [2.24, 2.45) is 0 Å². The van der Waals surface area contributed by atoms with Crippen molar-refractivity contribution in [2.45, 2.75) is 12.4 Å². The molecule has 1 atom stereocenters. The summed E-state index contributed by atoms with van der Waals surface area (Å²) in [6.07, 6.45) is -10.6. The number of methoxy groups -OCH3 is 2. The van der Waals surface area contributed by atoms with E-state index < -0.39 is 59.0 Å². The number of alkyl halides is 6. The van der Waals surface area contributed by atoms with Crippen LogP contribution >= 0.6 is 7.80 Å². The maximum absolute atomic E-state index is 13.6. The van der Waals surface area contributed by atoms with E-state index in [1.807, 2.05) is 0 Å². The third kappa shape index (κ3) is 5.11. The van der Waals surface area contributed by atoms with Crippen LogP contribution in [0.4, 0.5) is 26.3 Å². The maximum atomic E-state index is 13.6. The van der Waals surface area contributed by atoms with Gasteiger partial charge in [-0.1, -0.05) is 24.3 Å². The molecule has 0 aliphatic rings. The average molecular weight is 529 g/mol. The van der Waals surface area contributed by atoms with Crippen molar-refractivity contribution in [1.82, 2.24) is 0 Å². The van der Waals surface area contributed by atoms with Crippen LogP contribution in [0.2, 0.25) is 0 Å². The minimum Gasteiger partial charge on any atom is -0.496 e. The molecule has 0 heterocycles. The summed E-state index contributed by atoms with van der Waals surface area (Å²) < 4.78 is 105. The number of carbonyl (C=O) groups is 2. The lowest BCUT2D eigenvalue weighted by atomic mass is 9.92. The van der Waals surface area contributed by atoms with Crippen LogP contribution in [0.1, 0.15) is 37.4 Å². The summed E-state index contributed by atoms with van der Waals surface area (Å²) in [5.74, 6) is -1.75. The van der Waals surface area contributed by atoms with Gasteiger partial charge in [0.2, 0.25) is 0 Å². The van der Waals surface area contributed by atoms with Gasteiger partial charge in [0.1, 0.15) is 17.1 Å². The van der Waals surface area contributed by atoms with Gasteiger partial charge >= 0.3 is 12.4 Å². The third-order valence-corrected chi connectivity index (χ3v) is 6.52. The first-order valence-corrected chi connectivity index (χ1v) is 11.2. The molecular formula is C24H16F6O5P. The molecule has 0 N–H and O–H groups in total. The van der Waals surface area contributed by atoms with Crippen LogP contribution in [0.15, 0.2) is 60.7 Å². The fourth-order valence-electron chi connectivity index (χ4n) is 3.52. The lowest BCUT2D eigenvalue weighted by molar-refractivity contribution is -0.143. The summed E-state index contributed by atoms with van der Waals surface area (Å²) in [6.45, 7) is 0. The first kappa shape index (κ1) is 26.9. The Morgan fingerprint density at radius 3 is 1.64 bits per heavy atom. The molecule has 3 rings (SSSR count). The van der Waals surface area contributed by atoms with Gasteiger partial charge in [-0.15, -0.1) is 0 Å². The average Bonchev–Trinajstić information content (AvgIpc) is 2.85. The van der Waals surface area contributed by atoms with E-state index in [4.69, 9.17) is 9.47 Å². The van der Waals surface area contributed by atoms with Gasteiger partial charge in [-0.25, -0.2) is 0 Å². The van der Waals surface area contributed by atoms with E-state index in [1.165, 1.54) is 38.5 Å². The summed E-state index contributed by atoms with van der Waals surface area (Å²) in [5, 5.41) is -0.541. The van der Waals surface area contributed by atoms with Crippen molar-refractivity contribution >= 4 is 24.4 Å². The van der Waals surface area contributed by atoms with Crippen LogP contribution in [0.5, 0.6) is 11.5 Å². The van der Waals surface area contributed by atoms with Crippen molar-refractivity contribution in [1.29, 1.82) is 0 Å². The Kier molecular flexibility index (Phi) is 7.54. The number of ether oxygens (including phenoxy) is 2. The molecule has 1 radical (unpaired) electrons. The van der Waals surface area contributed by atoms with E-state index in [9.17, 15) is 40.5 Å². The number of rotatable bonds is 7. The lowest BCUT2D eigenvalue weighted by Crippen LogP contribution is -2.23. The number of halogens is 6. The molecule has 0 saturated heterocycles. The minimum atomic E-state index is -5.30. The fraction of sp³-hybridized carbons (Fsp3) is 0.167. The zero-order valence-corrected chi connectivity index (χ0v) is 19.4. The van der Waals surface area contributed by atoms with E-state index in [2.05, 4.69) is 0 Å². The van der Waals surface area contributed by atoms with E-state index in [0.29, 0.717) is 18.2 Å². The van der Waals surface area contributed by atoms with Crippen molar-refractivity contribution in [2.75, 3.05) is 14.2 Å². The minimum absolute atomic E-state index is 0.0340. The first-order valence-electron chi connectivity index (χ1n) is 9.96. The molecule has 0 spiro atoms. The Bertz CT molecular complexity index is 1290. The molecule has 189 valence electrons. The highest BCUT2D eigenvalue weighted by Gasteiger charge is 2.43.